The van der Waals surface area contributed by atoms with Crippen molar-refractivity contribution in [3.63, 3.8) is 0 Å². The number of hydrogen-bond donors (Lipinski definition) is 0. The molecule has 1 saturated carbocycles. The van der Waals surface area contributed by atoms with Gasteiger partial charge in [0.15, 0.2) is 0 Å². The first-order valence-corrected chi connectivity index (χ1v) is 6.92. The molecule has 5 nitrogen and oxygen atoms in total. The quantitative estimate of drug-likeness (QED) is 0.812. The Labute approximate surface area is 122 Å². The van der Waals surface area contributed by atoms with E-state index in [0.717, 1.165) is 18.7 Å². The molecule has 2 aromatic heterocycles. The van der Waals surface area contributed by atoms with Crippen LogP contribution in [-0.2, 0) is 13.6 Å². The standard InChI is InChI=1S/C14H15ClN4O/c1-18-8-7-16-13(18)9-19(10-5-6-10)14(20)11-3-2-4-12(15)17-11/h2-4,7-8,10H,5-6,9H2,1H3. The summed E-state index contributed by atoms with van der Waals surface area (Å²) in [5.74, 6) is 0.783. The van der Waals surface area contributed by atoms with Crippen LogP contribution in [0.3, 0.4) is 0 Å². The zero-order valence-electron chi connectivity index (χ0n) is 11.2. The summed E-state index contributed by atoms with van der Waals surface area (Å²) >= 11 is 5.86. The lowest BCUT2D eigenvalue weighted by Gasteiger charge is -2.21. The number of imidazole rings is 1. The molecule has 0 saturated heterocycles. The van der Waals surface area contributed by atoms with Crippen molar-refractivity contribution in [3.8, 4) is 0 Å². The fourth-order valence-corrected chi connectivity index (χ4v) is 2.29. The maximum atomic E-state index is 12.6. The van der Waals surface area contributed by atoms with Crippen molar-refractivity contribution < 1.29 is 4.79 Å². The Morgan fingerprint density at radius 2 is 2.30 bits per heavy atom. The Morgan fingerprint density at radius 3 is 2.90 bits per heavy atom. The van der Waals surface area contributed by atoms with Crippen molar-refractivity contribution in [2.75, 3.05) is 0 Å². The van der Waals surface area contributed by atoms with Gasteiger partial charge in [0, 0.05) is 25.5 Å². The van der Waals surface area contributed by atoms with Gasteiger partial charge in [-0.2, -0.15) is 0 Å². The second kappa shape index (κ2) is 5.25. The summed E-state index contributed by atoms with van der Waals surface area (Å²) in [5, 5.41) is 0.337. The Kier molecular flexibility index (Phi) is 3.44. The molecule has 1 aliphatic carbocycles. The number of rotatable bonds is 4. The predicted molar refractivity (Wildman–Crippen MR) is 75.4 cm³/mol. The molecule has 3 rings (SSSR count). The van der Waals surface area contributed by atoms with Gasteiger partial charge in [-0.1, -0.05) is 17.7 Å². The molecule has 0 atom stereocenters. The van der Waals surface area contributed by atoms with E-state index in [4.69, 9.17) is 11.6 Å². The van der Waals surface area contributed by atoms with Crippen LogP contribution in [0.4, 0.5) is 0 Å². The number of aryl methyl sites for hydroxylation is 1. The van der Waals surface area contributed by atoms with Crippen LogP contribution in [-0.4, -0.2) is 31.4 Å². The maximum Gasteiger partial charge on any atom is 0.273 e. The average molecular weight is 291 g/mol. The predicted octanol–water partition coefficient (Wildman–Crippen LogP) is 2.27. The van der Waals surface area contributed by atoms with Crippen LogP contribution in [0.2, 0.25) is 5.15 Å². The van der Waals surface area contributed by atoms with Gasteiger partial charge in [-0.3, -0.25) is 4.79 Å². The topological polar surface area (TPSA) is 51.0 Å². The van der Waals surface area contributed by atoms with Gasteiger partial charge in [-0.25, -0.2) is 9.97 Å². The van der Waals surface area contributed by atoms with Crippen LogP contribution in [0, 0.1) is 0 Å². The molecule has 0 aliphatic heterocycles. The lowest BCUT2D eigenvalue weighted by atomic mass is 10.3. The van der Waals surface area contributed by atoms with Crippen molar-refractivity contribution in [1.29, 1.82) is 0 Å². The average Bonchev–Trinajstić information content (AvgIpc) is 3.19. The highest BCUT2D eigenvalue weighted by Crippen LogP contribution is 2.29. The number of pyridine rings is 1. The number of aromatic nitrogens is 3. The van der Waals surface area contributed by atoms with E-state index in [1.807, 2.05) is 22.7 Å². The first-order valence-electron chi connectivity index (χ1n) is 6.55. The first kappa shape index (κ1) is 13.1. The van der Waals surface area contributed by atoms with Gasteiger partial charge in [-0.15, -0.1) is 0 Å². The monoisotopic (exact) mass is 290 g/mol. The van der Waals surface area contributed by atoms with Gasteiger partial charge in [0.05, 0.1) is 6.54 Å². The van der Waals surface area contributed by atoms with E-state index in [-0.39, 0.29) is 5.91 Å². The van der Waals surface area contributed by atoms with Crippen LogP contribution < -0.4 is 0 Å². The summed E-state index contributed by atoms with van der Waals surface area (Å²) in [6, 6.07) is 5.40. The van der Waals surface area contributed by atoms with Crippen LogP contribution in [0.25, 0.3) is 0 Å². The van der Waals surface area contributed by atoms with E-state index >= 15 is 0 Å². The summed E-state index contributed by atoms with van der Waals surface area (Å²) in [4.78, 5) is 22.8. The van der Waals surface area contributed by atoms with E-state index in [0.29, 0.717) is 23.4 Å². The van der Waals surface area contributed by atoms with E-state index in [1.54, 1.807) is 24.4 Å². The van der Waals surface area contributed by atoms with Crippen molar-refractivity contribution in [2.45, 2.75) is 25.4 Å². The van der Waals surface area contributed by atoms with Crippen molar-refractivity contribution in [3.05, 3.63) is 47.3 Å². The second-order valence-corrected chi connectivity index (χ2v) is 5.35. The van der Waals surface area contributed by atoms with Crippen molar-refractivity contribution >= 4 is 17.5 Å². The number of carbonyl (C=O) groups is 1. The van der Waals surface area contributed by atoms with Crippen molar-refractivity contribution in [2.24, 2.45) is 7.05 Å². The molecule has 1 fully saturated rings. The van der Waals surface area contributed by atoms with Crippen LogP contribution in [0.1, 0.15) is 29.2 Å². The largest absolute Gasteiger partial charge is 0.337 e. The van der Waals surface area contributed by atoms with Gasteiger partial charge in [0.1, 0.15) is 16.7 Å². The molecule has 104 valence electrons. The minimum atomic E-state index is -0.0852. The molecule has 0 bridgehead atoms. The fourth-order valence-electron chi connectivity index (χ4n) is 2.13. The SMILES string of the molecule is Cn1ccnc1CN(C(=O)c1cccc(Cl)n1)C1CC1. The number of amides is 1. The van der Waals surface area contributed by atoms with E-state index in [9.17, 15) is 4.79 Å². The molecule has 1 aliphatic rings. The Bertz CT molecular complexity index is 636. The Hall–Kier alpha value is -1.88. The lowest BCUT2D eigenvalue weighted by molar-refractivity contribution is 0.0718. The number of carbonyl (C=O) groups excluding carboxylic acids is 1. The fraction of sp³-hybridized carbons (Fsp3) is 0.357. The molecule has 2 aromatic rings. The summed E-state index contributed by atoms with van der Waals surface area (Å²) in [6.07, 6.45) is 5.69. The van der Waals surface area contributed by atoms with Gasteiger partial charge >= 0.3 is 0 Å². The molecule has 0 N–H and O–H groups in total. The Morgan fingerprint density at radius 1 is 1.50 bits per heavy atom. The highest BCUT2D eigenvalue weighted by molar-refractivity contribution is 6.29. The summed E-state index contributed by atoms with van der Waals surface area (Å²) in [5.41, 5.74) is 0.388. The van der Waals surface area contributed by atoms with Gasteiger partial charge in [0.25, 0.3) is 5.91 Å². The lowest BCUT2D eigenvalue weighted by Crippen LogP contribution is -2.34. The molecule has 0 spiro atoms. The molecule has 0 unspecified atom stereocenters. The molecule has 2 heterocycles. The van der Waals surface area contributed by atoms with E-state index in [1.165, 1.54) is 0 Å². The third-order valence-electron chi connectivity index (χ3n) is 3.42. The summed E-state index contributed by atoms with van der Waals surface area (Å²) in [7, 11) is 1.93. The van der Waals surface area contributed by atoms with Gasteiger partial charge in [-0.05, 0) is 25.0 Å². The summed E-state index contributed by atoms with van der Waals surface area (Å²) in [6.45, 7) is 0.501. The minimum absolute atomic E-state index is 0.0852. The molecular weight excluding hydrogens is 276 g/mol. The Balaban J connectivity index is 1.84. The van der Waals surface area contributed by atoms with Gasteiger partial charge < -0.3 is 9.47 Å². The van der Waals surface area contributed by atoms with Crippen LogP contribution >= 0.6 is 11.6 Å². The van der Waals surface area contributed by atoms with Crippen LogP contribution in [0.5, 0.6) is 0 Å². The van der Waals surface area contributed by atoms with Crippen LogP contribution in [0.15, 0.2) is 30.6 Å². The zero-order valence-corrected chi connectivity index (χ0v) is 11.9. The molecule has 6 heteroatoms. The van der Waals surface area contributed by atoms with Gasteiger partial charge in [0.2, 0.25) is 0 Å². The zero-order chi connectivity index (χ0) is 14.1. The minimum Gasteiger partial charge on any atom is -0.337 e. The first-order chi connectivity index (χ1) is 9.65. The second-order valence-electron chi connectivity index (χ2n) is 4.96. The number of hydrogen-bond acceptors (Lipinski definition) is 3. The number of halogens is 1. The van der Waals surface area contributed by atoms with Crippen molar-refractivity contribution in [1.82, 2.24) is 19.4 Å². The third-order valence-corrected chi connectivity index (χ3v) is 3.63. The normalized spacial score (nSPS) is 14.3. The highest BCUT2D eigenvalue weighted by atomic mass is 35.5. The molecular formula is C14H15ClN4O. The maximum absolute atomic E-state index is 12.6. The molecule has 0 radical (unpaired) electrons. The molecule has 20 heavy (non-hydrogen) atoms. The summed E-state index contributed by atoms with van der Waals surface area (Å²) < 4.78 is 1.92. The van der Waals surface area contributed by atoms with E-state index < -0.39 is 0 Å². The highest BCUT2D eigenvalue weighted by Gasteiger charge is 2.34. The molecule has 0 aromatic carbocycles. The number of nitrogens with zero attached hydrogens (tertiary/aromatic N) is 4. The molecule has 1 amide bonds. The van der Waals surface area contributed by atoms with E-state index in [2.05, 4.69) is 9.97 Å². The smallest absolute Gasteiger partial charge is 0.273 e. The third kappa shape index (κ3) is 2.67.